The first kappa shape index (κ1) is 32.6. The maximum absolute atomic E-state index is 4.95. The van der Waals surface area contributed by atoms with Crippen molar-refractivity contribution in [3.8, 4) is 61.3 Å². The summed E-state index contributed by atoms with van der Waals surface area (Å²) in [6, 6.07) is 72.7. The molecular weight excluding hydrogens is 665 g/mol. The maximum Gasteiger partial charge on any atom is 0.114 e. The zero-order valence-corrected chi connectivity index (χ0v) is 30.7. The number of benzene rings is 9. The van der Waals surface area contributed by atoms with Gasteiger partial charge in [-0.05, 0) is 108 Å². The van der Waals surface area contributed by atoms with Crippen LogP contribution >= 0.6 is 0 Å². The molecule has 55 heavy (non-hydrogen) atoms. The van der Waals surface area contributed by atoms with Crippen LogP contribution < -0.4 is 0 Å². The normalized spacial score (nSPS) is 11.4. The number of hydrogen-bond acceptors (Lipinski definition) is 1. The molecule has 0 N–H and O–H groups in total. The number of nitrogens with zero attached hydrogens (tertiary/aromatic N) is 2. The number of fused-ring (bicyclic) bond motifs is 3. The fourth-order valence-electron chi connectivity index (χ4n) is 8.30. The van der Waals surface area contributed by atoms with Crippen molar-refractivity contribution in [1.29, 1.82) is 0 Å². The van der Waals surface area contributed by atoms with Gasteiger partial charge in [0.2, 0.25) is 0 Å². The molecule has 2 heteroatoms. The molecule has 0 atom stereocenters. The summed E-state index contributed by atoms with van der Waals surface area (Å²) in [6.07, 6.45) is 0.858. The fourth-order valence-corrected chi connectivity index (χ4v) is 8.30. The van der Waals surface area contributed by atoms with Crippen LogP contribution in [0.15, 0.2) is 200 Å². The quantitative estimate of drug-likeness (QED) is 0.151. The van der Waals surface area contributed by atoms with E-state index in [-0.39, 0.29) is 0 Å². The Labute approximate surface area is 321 Å². The largest absolute Gasteiger partial charge is 0.296 e. The summed E-state index contributed by atoms with van der Waals surface area (Å²) in [5, 5.41) is 4.97. The molecular formula is C53H38N2. The van der Waals surface area contributed by atoms with E-state index in [2.05, 4.69) is 212 Å². The molecule has 2 nitrogen and oxygen atoms in total. The number of aryl methyl sites for hydroxylation is 1. The number of rotatable bonds is 7. The van der Waals surface area contributed by atoms with Crippen molar-refractivity contribution < 1.29 is 0 Å². The van der Waals surface area contributed by atoms with Crippen molar-refractivity contribution in [3.05, 3.63) is 206 Å². The number of hydrogen-bond donors (Lipinski definition) is 0. The molecule has 10 rings (SSSR count). The molecule has 0 aliphatic rings. The van der Waals surface area contributed by atoms with Crippen molar-refractivity contribution in [1.82, 2.24) is 9.55 Å². The second-order valence-corrected chi connectivity index (χ2v) is 14.2. The lowest BCUT2D eigenvalue weighted by molar-refractivity contribution is 0.908. The third-order valence-electron chi connectivity index (χ3n) is 11.0. The number of imidazole rings is 1. The van der Waals surface area contributed by atoms with Gasteiger partial charge in [0.15, 0.2) is 0 Å². The first-order chi connectivity index (χ1) is 27.2. The molecule has 9 aromatic carbocycles. The standard InChI is InChI=1S/C53H38N2/c1-2-51-54-49-19-11-12-20-50(49)55(51)44-32-29-42(30-33-44)53-46-18-10-9-17-45(46)52(47-34-31-43(35-48(47)53)37-15-7-4-8-16-37)41-27-25-40(26-28-41)39-23-21-38(22-24-39)36-13-5-3-6-14-36/h3-35H,2H2,1H3. The van der Waals surface area contributed by atoms with Crippen LogP contribution in [0, 0.1) is 0 Å². The molecule has 0 amide bonds. The molecule has 0 spiro atoms. The van der Waals surface area contributed by atoms with Crippen molar-refractivity contribution in [2.24, 2.45) is 0 Å². The first-order valence-corrected chi connectivity index (χ1v) is 19.1. The topological polar surface area (TPSA) is 17.8 Å². The van der Waals surface area contributed by atoms with E-state index in [0.717, 1.165) is 29.0 Å². The Balaban J connectivity index is 1.13. The zero-order valence-electron chi connectivity index (χ0n) is 30.7. The minimum absolute atomic E-state index is 0.858. The highest BCUT2D eigenvalue weighted by atomic mass is 15.1. The Hall–Kier alpha value is -7.03. The van der Waals surface area contributed by atoms with Gasteiger partial charge in [0, 0.05) is 12.1 Å². The first-order valence-electron chi connectivity index (χ1n) is 19.1. The Morgan fingerprint density at radius 1 is 0.364 bits per heavy atom. The molecule has 1 heterocycles. The van der Waals surface area contributed by atoms with Gasteiger partial charge in [-0.2, -0.15) is 0 Å². The Kier molecular flexibility index (Phi) is 8.15. The van der Waals surface area contributed by atoms with E-state index in [4.69, 9.17) is 4.98 Å². The van der Waals surface area contributed by atoms with Gasteiger partial charge in [-0.25, -0.2) is 4.98 Å². The number of para-hydroxylation sites is 2. The second kappa shape index (κ2) is 13.7. The van der Waals surface area contributed by atoms with Gasteiger partial charge in [0.25, 0.3) is 0 Å². The predicted octanol–water partition coefficient (Wildman–Crippen LogP) is 14.2. The Morgan fingerprint density at radius 3 is 1.36 bits per heavy atom. The van der Waals surface area contributed by atoms with E-state index >= 15 is 0 Å². The molecule has 0 aliphatic carbocycles. The average molecular weight is 703 g/mol. The maximum atomic E-state index is 4.95. The highest BCUT2D eigenvalue weighted by molar-refractivity contribution is 6.22. The van der Waals surface area contributed by atoms with Crippen LogP contribution in [0.5, 0.6) is 0 Å². The summed E-state index contributed by atoms with van der Waals surface area (Å²) in [7, 11) is 0. The molecule has 0 unspecified atom stereocenters. The number of aromatic nitrogens is 2. The SMILES string of the molecule is CCc1nc2ccccc2n1-c1ccc(-c2c3ccccc3c(-c3ccc(-c4ccc(-c5ccccc5)cc4)cc3)c3ccc(-c4ccccc4)cc23)cc1. The van der Waals surface area contributed by atoms with E-state index in [1.807, 2.05) is 0 Å². The third-order valence-corrected chi connectivity index (χ3v) is 11.0. The minimum Gasteiger partial charge on any atom is -0.296 e. The highest BCUT2D eigenvalue weighted by Gasteiger charge is 2.19. The highest BCUT2D eigenvalue weighted by Crippen LogP contribution is 2.45. The van der Waals surface area contributed by atoms with Gasteiger partial charge in [0.1, 0.15) is 5.82 Å². The van der Waals surface area contributed by atoms with E-state index in [1.54, 1.807) is 0 Å². The van der Waals surface area contributed by atoms with Gasteiger partial charge in [-0.3, -0.25) is 4.57 Å². The van der Waals surface area contributed by atoms with E-state index in [0.29, 0.717) is 0 Å². The minimum atomic E-state index is 0.858. The van der Waals surface area contributed by atoms with Crippen LogP contribution in [0.2, 0.25) is 0 Å². The van der Waals surface area contributed by atoms with Crippen molar-refractivity contribution in [2.75, 3.05) is 0 Å². The molecule has 0 aliphatic heterocycles. The van der Waals surface area contributed by atoms with Crippen LogP contribution in [-0.4, -0.2) is 9.55 Å². The lowest BCUT2D eigenvalue weighted by atomic mass is 9.84. The van der Waals surface area contributed by atoms with E-state index in [1.165, 1.54) is 77.2 Å². The smallest absolute Gasteiger partial charge is 0.114 e. The monoisotopic (exact) mass is 702 g/mol. The Bertz CT molecular complexity index is 2960. The summed E-state index contributed by atoms with van der Waals surface area (Å²) < 4.78 is 2.30. The van der Waals surface area contributed by atoms with E-state index in [9.17, 15) is 0 Å². The van der Waals surface area contributed by atoms with Gasteiger partial charge < -0.3 is 0 Å². The van der Waals surface area contributed by atoms with Crippen LogP contribution in [-0.2, 0) is 6.42 Å². The Morgan fingerprint density at radius 2 is 0.782 bits per heavy atom. The zero-order chi connectivity index (χ0) is 36.7. The molecule has 0 saturated carbocycles. The van der Waals surface area contributed by atoms with Gasteiger partial charge in [-0.15, -0.1) is 0 Å². The van der Waals surface area contributed by atoms with Crippen molar-refractivity contribution in [3.63, 3.8) is 0 Å². The molecule has 0 fully saturated rings. The molecule has 10 aromatic rings. The second-order valence-electron chi connectivity index (χ2n) is 14.2. The lowest BCUT2D eigenvalue weighted by Crippen LogP contribution is -2.00. The summed E-state index contributed by atoms with van der Waals surface area (Å²) in [6.45, 7) is 2.17. The van der Waals surface area contributed by atoms with Crippen LogP contribution in [0.25, 0.3) is 93.9 Å². The van der Waals surface area contributed by atoms with Crippen LogP contribution in [0.1, 0.15) is 12.7 Å². The van der Waals surface area contributed by atoms with E-state index < -0.39 is 0 Å². The van der Waals surface area contributed by atoms with Crippen LogP contribution in [0.4, 0.5) is 0 Å². The van der Waals surface area contributed by atoms with Gasteiger partial charge in [-0.1, -0.05) is 177 Å². The molecule has 1 aromatic heterocycles. The fraction of sp³-hybridized carbons (Fsp3) is 0.0377. The van der Waals surface area contributed by atoms with Gasteiger partial charge in [0.05, 0.1) is 11.0 Å². The van der Waals surface area contributed by atoms with Crippen LogP contribution in [0.3, 0.4) is 0 Å². The summed E-state index contributed by atoms with van der Waals surface area (Å²) in [4.78, 5) is 4.95. The third kappa shape index (κ3) is 5.80. The summed E-state index contributed by atoms with van der Waals surface area (Å²) >= 11 is 0. The lowest BCUT2D eigenvalue weighted by Gasteiger charge is -2.19. The molecule has 0 saturated heterocycles. The molecule has 0 radical (unpaired) electrons. The summed E-state index contributed by atoms with van der Waals surface area (Å²) in [5.74, 6) is 1.07. The predicted molar refractivity (Wildman–Crippen MR) is 233 cm³/mol. The van der Waals surface area contributed by atoms with Gasteiger partial charge >= 0.3 is 0 Å². The molecule has 0 bridgehead atoms. The van der Waals surface area contributed by atoms with Crippen molar-refractivity contribution in [2.45, 2.75) is 13.3 Å². The molecule has 260 valence electrons. The summed E-state index contributed by atoms with van der Waals surface area (Å²) in [5.41, 5.74) is 15.5. The van der Waals surface area contributed by atoms with Crippen molar-refractivity contribution >= 4 is 32.6 Å². The average Bonchev–Trinajstić information content (AvgIpc) is 3.65.